The monoisotopic (exact) mass is 241 g/mol. The molecule has 1 aromatic carbocycles. The molecule has 0 unspecified atom stereocenters. The first-order valence-electron chi connectivity index (χ1n) is 4.54. The van der Waals surface area contributed by atoms with E-state index in [9.17, 15) is 8.78 Å². The third kappa shape index (κ3) is 2.24. The van der Waals surface area contributed by atoms with Gasteiger partial charge >= 0.3 is 0 Å². The Kier molecular flexibility index (Phi) is 3.23. The highest BCUT2D eigenvalue weighted by Gasteiger charge is 2.09. The van der Waals surface area contributed by atoms with Crippen molar-refractivity contribution in [2.24, 2.45) is 5.84 Å². The summed E-state index contributed by atoms with van der Waals surface area (Å²) in [7, 11) is 0. The summed E-state index contributed by atoms with van der Waals surface area (Å²) >= 11 is 1.37. The molecule has 0 radical (unpaired) electrons. The molecule has 0 saturated heterocycles. The van der Waals surface area contributed by atoms with E-state index in [4.69, 9.17) is 5.84 Å². The molecule has 0 aliphatic heterocycles. The number of halogens is 2. The summed E-state index contributed by atoms with van der Waals surface area (Å²) in [5.74, 6) is 3.94. The number of aromatic nitrogens is 1. The predicted octanol–water partition coefficient (Wildman–Crippen LogP) is 2.05. The van der Waals surface area contributed by atoms with Gasteiger partial charge in [0.2, 0.25) is 0 Å². The van der Waals surface area contributed by atoms with Crippen LogP contribution in [0.5, 0.6) is 0 Å². The molecule has 0 atom stereocenters. The van der Waals surface area contributed by atoms with E-state index in [2.05, 4.69) is 10.4 Å². The molecule has 0 amide bonds. The number of benzene rings is 1. The lowest BCUT2D eigenvalue weighted by Crippen LogP contribution is -2.20. The smallest absolute Gasteiger partial charge is 0.135 e. The van der Waals surface area contributed by atoms with E-state index in [1.807, 2.05) is 0 Å². The number of nitrogens with zero attached hydrogens (tertiary/aromatic N) is 1. The van der Waals surface area contributed by atoms with Crippen LogP contribution in [0, 0.1) is 11.6 Å². The Morgan fingerprint density at radius 1 is 1.38 bits per heavy atom. The van der Waals surface area contributed by atoms with Gasteiger partial charge in [0.15, 0.2) is 0 Å². The van der Waals surface area contributed by atoms with Crippen molar-refractivity contribution in [3.05, 3.63) is 40.2 Å². The van der Waals surface area contributed by atoms with Crippen LogP contribution >= 0.6 is 11.3 Å². The molecule has 0 bridgehead atoms. The van der Waals surface area contributed by atoms with Crippen molar-refractivity contribution in [1.29, 1.82) is 0 Å². The SMILES string of the molecule is NNCc1nc(-c2ccc(F)cc2F)cs1. The Hall–Kier alpha value is -1.37. The summed E-state index contributed by atoms with van der Waals surface area (Å²) in [6.07, 6.45) is 0. The fourth-order valence-corrected chi connectivity index (χ4v) is 2.05. The number of thiazole rings is 1. The molecule has 0 saturated carbocycles. The van der Waals surface area contributed by atoms with Crippen molar-refractivity contribution in [2.75, 3.05) is 0 Å². The Balaban J connectivity index is 2.35. The van der Waals surface area contributed by atoms with Gasteiger partial charge in [0.25, 0.3) is 0 Å². The van der Waals surface area contributed by atoms with Crippen LogP contribution in [-0.2, 0) is 6.54 Å². The van der Waals surface area contributed by atoms with Gasteiger partial charge in [-0.25, -0.2) is 13.8 Å². The largest absolute Gasteiger partial charge is 0.271 e. The number of hydrogen-bond acceptors (Lipinski definition) is 4. The highest BCUT2D eigenvalue weighted by atomic mass is 32.1. The second-order valence-corrected chi connectivity index (χ2v) is 4.07. The summed E-state index contributed by atoms with van der Waals surface area (Å²) in [6, 6.07) is 3.42. The zero-order chi connectivity index (χ0) is 11.5. The van der Waals surface area contributed by atoms with Gasteiger partial charge in [-0.3, -0.25) is 11.3 Å². The summed E-state index contributed by atoms with van der Waals surface area (Å²) in [5.41, 5.74) is 3.25. The van der Waals surface area contributed by atoms with Crippen LogP contribution < -0.4 is 11.3 Å². The minimum absolute atomic E-state index is 0.293. The minimum Gasteiger partial charge on any atom is -0.271 e. The van der Waals surface area contributed by atoms with E-state index in [1.54, 1.807) is 5.38 Å². The van der Waals surface area contributed by atoms with Gasteiger partial charge in [-0.1, -0.05) is 0 Å². The molecule has 6 heteroatoms. The third-order valence-electron chi connectivity index (χ3n) is 2.01. The Morgan fingerprint density at radius 3 is 2.88 bits per heavy atom. The van der Waals surface area contributed by atoms with Crippen molar-refractivity contribution < 1.29 is 8.78 Å². The Bertz CT molecular complexity index is 499. The van der Waals surface area contributed by atoms with Gasteiger partial charge in [-0.2, -0.15) is 0 Å². The zero-order valence-corrected chi connectivity index (χ0v) is 9.02. The van der Waals surface area contributed by atoms with Gasteiger partial charge < -0.3 is 0 Å². The van der Waals surface area contributed by atoms with Crippen molar-refractivity contribution >= 4 is 11.3 Å². The number of hydrogen-bond donors (Lipinski definition) is 2. The molecule has 0 aliphatic rings. The van der Waals surface area contributed by atoms with Crippen LogP contribution in [0.3, 0.4) is 0 Å². The van der Waals surface area contributed by atoms with Crippen molar-refractivity contribution in [3.63, 3.8) is 0 Å². The van der Waals surface area contributed by atoms with Crippen LogP contribution in [0.2, 0.25) is 0 Å². The number of nitrogens with one attached hydrogen (secondary N) is 1. The summed E-state index contributed by atoms with van der Waals surface area (Å²) in [6.45, 7) is 0.424. The molecule has 0 fully saturated rings. The number of hydrazine groups is 1. The molecule has 84 valence electrons. The van der Waals surface area contributed by atoms with Crippen LogP contribution in [0.15, 0.2) is 23.6 Å². The Morgan fingerprint density at radius 2 is 2.19 bits per heavy atom. The first-order valence-corrected chi connectivity index (χ1v) is 5.42. The maximum atomic E-state index is 13.4. The lowest BCUT2D eigenvalue weighted by Gasteiger charge is -1.98. The van der Waals surface area contributed by atoms with E-state index in [1.165, 1.54) is 23.5 Å². The molecule has 1 heterocycles. The van der Waals surface area contributed by atoms with E-state index in [-0.39, 0.29) is 0 Å². The van der Waals surface area contributed by atoms with E-state index >= 15 is 0 Å². The molecular formula is C10H9F2N3S. The molecule has 1 aromatic heterocycles. The molecule has 3 nitrogen and oxygen atoms in total. The highest BCUT2D eigenvalue weighted by molar-refractivity contribution is 7.09. The van der Waals surface area contributed by atoms with Crippen LogP contribution in [0.25, 0.3) is 11.3 Å². The first kappa shape index (κ1) is 11.1. The third-order valence-corrected chi connectivity index (χ3v) is 2.86. The van der Waals surface area contributed by atoms with Gasteiger partial charge in [0.05, 0.1) is 12.2 Å². The molecule has 0 aliphatic carbocycles. The van der Waals surface area contributed by atoms with Crippen LogP contribution in [0.1, 0.15) is 5.01 Å². The van der Waals surface area contributed by atoms with Gasteiger partial charge in [0, 0.05) is 17.0 Å². The van der Waals surface area contributed by atoms with Crippen molar-refractivity contribution in [3.8, 4) is 11.3 Å². The second kappa shape index (κ2) is 4.65. The standard InChI is InChI=1S/C10H9F2N3S/c11-6-1-2-7(8(12)3-6)9-5-16-10(15-9)4-14-13/h1-3,5,14H,4,13H2. The summed E-state index contributed by atoms with van der Waals surface area (Å²) in [5, 5.41) is 2.46. The van der Waals surface area contributed by atoms with Crippen LogP contribution in [-0.4, -0.2) is 4.98 Å². The predicted molar refractivity (Wildman–Crippen MR) is 58.5 cm³/mol. The van der Waals surface area contributed by atoms with Gasteiger partial charge in [-0.05, 0) is 12.1 Å². The zero-order valence-electron chi connectivity index (χ0n) is 8.21. The van der Waals surface area contributed by atoms with E-state index in [0.717, 1.165) is 11.1 Å². The lowest BCUT2D eigenvalue weighted by atomic mass is 10.1. The van der Waals surface area contributed by atoms with Crippen molar-refractivity contribution in [1.82, 2.24) is 10.4 Å². The maximum Gasteiger partial charge on any atom is 0.135 e. The average molecular weight is 241 g/mol. The molecule has 16 heavy (non-hydrogen) atoms. The normalized spacial score (nSPS) is 10.7. The number of rotatable bonds is 3. The number of nitrogens with two attached hydrogens (primary N) is 1. The van der Waals surface area contributed by atoms with Gasteiger partial charge in [0.1, 0.15) is 16.6 Å². The van der Waals surface area contributed by atoms with E-state index in [0.29, 0.717) is 17.8 Å². The maximum absolute atomic E-state index is 13.4. The second-order valence-electron chi connectivity index (χ2n) is 3.13. The quantitative estimate of drug-likeness (QED) is 0.638. The lowest BCUT2D eigenvalue weighted by molar-refractivity contribution is 0.585. The summed E-state index contributed by atoms with van der Waals surface area (Å²) in [4.78, 5) is 4.17. The summed E-state index contributed by atoms with van der Waals surface area (Å²) < 4.78 is 26.1. The topological polar surface area (TPSA) is 50.9 Å². The molecule has 0 spiro atoms. The van der Waals surface area contributed by atoms with Crippen molar-refractivity contribution in [2.45, 2.75) is 6.54 Å². The highest BCUT2D eigenvalue weighted by Crippen LogP contribution is 2.24. The molecule has 2 aromatic rings. The molecule has 3 N–H and O–H groups in total. The fraction of sp³-hybridized carbons (Fsp3) is 0.100. The first-order chi connectivity index (χ1) is 7.70. The minimum atomic E-state index is -0.613. The molecular weight excluding hydrogens is 232 g/mol. The van der Waals surface area contributed by atoms with Gasteiger partial charge in [-0.15, -0.1) is 11.3 Å². The van der Waals surface area contributed by atoms with Crippen LogP contribution in [0.4, 0.5) is 8.78 Å². The average Bonchev–Trinajstić information content (AvgIpc) is 2.67. The molecule has 2 rings (SSSR count). The Labute approximate surface area is 94.9 Å². The van der Waals surface area contributed by atoms with E-state index < -0.39 is 11.6 Å². The fourth-order valence-electron chi connectivity index (χ4n) is 1.30.